The fourth-order valence-corrected chi connectivity index (χ4v) is 3.03. The predicted octanol–water partition coefficient (Wildman–Crippen LogP) is 2.88. The van der Waals surface area contributed by atoms with E-state index in [4.69, 9.17) is 4.74 Å². The number of nitrogens with zero attached hydrogens (tertiary/aromatic N) is 1. The third-order valence-corrected chi connectivity index (χ3v) is 3.88. The van der Waals surface area contributed by atoms with Gasteiger partial charge in [-0.25, -0.2) is 0 Å². The van der Waals surface area contributed by atoms with Crippen molar-refractivity contribution >= 4 is 5.91 Å². The number of nitrogens with one attached hydrogen (secondary N) is 1. The van der Waals surface area contributed by atoms with Gasteiger partial charge in [-0.1, -0.05) is 29.8 Å². The number of ether oxygens (including phenoxy) is 1. The Morgan fingerprint density at radius 1 is 1.22 bits per heavy atom. The highest BCUT2D eigenvalue weighted by Crippen LogP contribution is 2.17. The standard InChI is InChI=1S/C19H28N2O2/c1-14(2)9-19(22)20-10-17-7-5-6-8-18(17)13-21-11-15(3)23-16(4)12-21/h5-9,15-16H,10-13H2,1-4H3,(H,20,22)/t15-,16-/m0/s1. The Bertz CT molecular complexity index is 554. The van der Waals surface area contributed by atoms with Crippen LogP contribution in [0.25, 0.3) is 0 Å². The lowest BCUT2D eigenvalue weighted by atomic mass is 10.1. The van der Waals surface area contributed by atoms with Crippen LogP contribution in [0.15, 0.2) is 35.9 Å². The van der Waals surface area contributed by atoms with Gasteiger partial charge in [-0.05, 0) is 38.8 Å². The highest BCUT2D eigenvalue weighted by atomic mass is 16.5. The first-order valence-electron chi connectivity index (χ1n) is 8.31. The van der Waals surface area contributed by atoms with Crippen LogP contribution in [0.5, 0.6) is 0 Å². The Morgan fingerprint density at radius 3 is 2.43 bits per heavy atom. The lowest BCUT2D eigenvalue weighted by Crippen LogP contribution is -2.45. The summed E-state index contributed by atoms with van der Waals surface area (Å²) in [6.07, 6.45) is 2.17. The molecule has 1 aliphatic heterocycles. The van der Waals surface area contributed by atoms with Crippen LogP contribution in [0.2, 0.25) is 0 Å². The predicted molar refractivity (Wildman–Crippen MR) is 93.0 cm³/mol. The van der Waals surface area contributed by atoms with Crippen LogP contribution in [0, 0.1) is 0 Å². The van der Waals surface area contributed by atoms with Gasteiger partial charge in [0.1, 0.15) is 0 Å². The van der Waals surface area contributed by atoms with Gasteiger partial charge in [0, 0.05) is 32.3 Å². The van der Waals surface area contributed by atoms with Gasteiger partial charge in [0.2, 0.25) is 5.91 Å². The van der Waals surface area contributed by atoms with Crippen LogP contribution >= 0.6 is 0 Å². The van der Waals surface area contributed by atoms with Gasteiger partial charge in [0.05, 0.1) is 12.2 Å². The Hall–Kier alpha value is -1.65. The van der Waals surface area contributed by atoms with Crippen molar-refractivity contribution < 1.29 is 9.53 Å². The average molecular weight is 316 g/mol. The fraction of sp³-hybridized carbons (Fsp3) is 0.526. The molecule has 1 aliphatic rings. The molecule has 1 N–H and O–H groups in total. The number of allylic oxidation sites excluding steroid dienone is 1. The smallest absolute Gasteiger partial charge is 0.244 e. The van der Waals surface area contributed by atoms with Gasteiger partial charge in [0.25, 0.3) is 0 Å². The first-order chi connectivity index (χ1) is 10.9. The molecule has 4 nitrogen and oxygen atoms in total. The van der Waals surface area contributed by atoms with Crippen LogP contribution in [-0.4, -0.2) is 36.1 Å². The van der Waals surface area contributed by atoms with Gasteiger partial charge in [-0.3, -0.25) is 9.69 Å². The summed E-state index contributed by atoms with van der Waals surface area (Å²) < 4.78 is 5.80. The minimum absolute atomic E-state index is 0.0339. The number of morpholine rings is 1. The van der Waals surface area contributed by atoms with E-state index in [0.29, 0.717) is 6.54 Å². The first-order valence-corrected chi connectivity index (χ1v) is 8.31. The van der Waals surface area contributed by atoms with Crippen LogP contribution in [0.4, 0.5) is 0 Å². The summed E-state index contributed by atoms with van der Waals surface area (Å²) in [5.74, 6) is -0.0339. The maximum Gasteiger partial charge on any atom is 0.244 e. The number of hydrogen-bond donors (Lipinski definition) is 1. The zero-order valence-electron chi connectivity index (χ0n) is 14.6. The molecule has 0 spiro atoms. The van der Waals surface area contributed by atoms with Gasteiger partial charge >= 0.3 is 0 Å². The summed E-state index contributed by atoms with van der Waals surface area (Å²) in [5.41, 5.74) is 3.45. The monoisotopic (exact) mass is 316 g/mol. The largest absolute Gasteiger partial charge is 0.373 e. The van der Waals surface area contributed by atoms with Crippen molar-refractivity contribution in [1.29, 1.82) is 0 Å². The van der Waals surface area contributed by atoms with Gasteiger partial charge in [-0.15, -0.1) is 0 Å². The van der Waals surface area contributed by atoms with Crippen molar-refractivity contribution in [3.8, 4) is 0 Å². The van der Waals surface area contributed by atoms with E-state index < -0.39 is 0 Å². The molecule has 23 heavy (non-hydrogen) atoms. The lowest BCUT2D eigenvalue weighted by molar-refractivity contribution is -0.116. The zero-order valence-corrected chi connectivity index (χ0v) is 14.6. The number of carbonyl (C=O) groups is 1. The molecule has 126 valence electrons. The van der Waals surface area contributed by atoms with Crippen molar-refractivity contribution in [3.63, 3.8) is 0 Å². The number of hydrogen-bond acceptors (Lipinski definition) is 3. The minimum atomic E-state index is -0.0339. The first kappa shape index (κ1) is 17.7. The number of amides is 1. The van der Waals surface area contributed by atoms with Gasteiger partial charge < -0.3 is 10.1 Å². The molecule has 0 aliphatic carbocycles. The van der Waals surface area contributed by atoms with Gasteiger partial charge in [0.15, 0.2) is 0 Å². The molecule has 0 radical (unpaired) electrons. The fourth-order valence-electron chi connectivity index (χ4n) is 3.03. The molecule has 1 fully saturated rings. The van der Waals surface area contributed by atoms with E-state index in [1.54, 1.807) is 6.08 Å². The van der Waals surface area contributed by atoms with Crippen LogP contribution in [-0.2, 0) is 22.6 Å². The molecule has 1 aromatic carbocycles. The maximum atomic E-state index is 11.8. The second-order valence-corrected chi connectivity index (χ2v) is 6.66. The second kappa shape index (κ2) is 8.27. The molecule has 2 rings (SSSR count). The molecule has 0 unspecified atom stereocenters. The Morgan fingerprint density at radius 2 is 1.83 bits per heavy atom. The van der Waals surface area contributed by atoms with E-state index in [1.165, 1.54) is 11.1 Å². The normalized spacial score (nSPS) is 21.7. The lowest BCUT2D eigenvalue weighted by Gasteiger charge is -2.35. The summed E-state index contributed by atoms with van der Waals surface area (Å²) in [7, 11) is 0. The van der Waals surface area contributed by atoms with Gasteiger partial charge in [-0.2, -0.15) is 0 Å². The number of benzene rings is 1. The SMILES string of the molecule is CC(C)=CC(=O)NCc1ccccc1CN1C[C@H](C)O[C@@H](C)C1. The summed E-state index contributed by atoms with van der Waals surface area (Å²) in [6.45, 7) is 11.4. The highest BCUT2D eigenvalue weighted by Gasteiger charge is 2.22. The maximum absolute atomic E-state index is 11.8. The Kier molecular flexibility index (Phi) is 6.37. The zero-order chi connectivity index (χ0) is 16.8. The summed E-state index contributed by atoms with van der Waals surface area (Å²) in [5, 5.41) is 2.97. The summed E-state index contributed by atoms with van der Waals surface area (Å²) in [4.78, 5) is 14.2. The van der Waals surface area contributed by atoms with E-state index in [0.717, 1.165) is 25.2 Å². The highest BCUT2D eigenvalue weighted by molar-refractivity contribution is 5.87. The molecule has 0 bridgehead atoms. The van der Waals surface area contributed by atoms with E-state index >= 15 is 0 Å². The molecule has 4 heteroatoms. The van der Waals surface area contributed by atoms with Crippen molar-refractivity contribution in [2.45, 2.75) is 53.0 Å². The van der Waals surface area contributed by atoms with Crippen molar-refractivity contribution in [2.75, 3.05) is 13.1 Å². The molecule has 0 saturated carbocycles. The molecule has 1 heterocycles. The quantitative estimate of drug-likeness (QED) is 0.849. The second-order valence-electron chi connectivity index (χ2n) is 6.66. The summed E-state index contributed by atoms with van der Waals surface area (Å²) >= 11 is 0. The Balaban J connectivity index is 2.00. The molecule has 1 saturated heterocycles. The topological polar surface area (TPSA) is 41.6 Å². The molecule has 2 atom stereocenters. The van der Waals surface area contributed by atoms with E-state index in [9.17, 15) is 4.79 Å². The minimum Gasteiger partial charge on any atom is -0.373 e. The van der Waals surface area contributed by atoms with E-state index in [-0.39, 0.29) is 18.1 Å². The summed E-state index contributed by atoms with van der Waals surface area (Å²) in [6, 6.07) is 8.32. The molecule has 1 aromatic rings. The van der Waals surface area contributed by atoms with Crippen molar-refractivity contribution in [2.24, 2.45) is 0 Å². The number of carbonyl (C=O) groups excluding carboxylic acids is 1. The van der Waals surface area contributed by atoms with E-state index in [1.807, 2.05) is 19.9 Å². The third kappa shape index (κ3) is 5.81. The molecule has 0 aromatic heterocycles. The van der Waals surface area contributed by atoms with Crippen molar-refractivity contribution in [3.05, 3.63) is 47.0 Å². The molecular formula is C19H28N2O2. The van der Waals surface area contributed by atoms with Crippen LogP contribution in [0.1, 0.15) is 38.8 Å². The number of rotatable bonds is 5. The molecular weight excluding hydrogens is 288 g/mol. The van der Waals surface area contributed by atoms with Crippen LogP contribution in [0.3, 0.4) is 0 Å². The molecule has 1 amide bonds. The Labute approximate surface area is 139 Å². The third-order valence-electron chi connectivity index (χ3n) is 3.88. The van der Waals surface area contributed by atoms with Crippen LogP contribution < -0.4 is 5.32 Å². The van der Waals surface area contributed by atoms with Crippen molar-refractivity contribution in [1.82, 2.24) is 10.2 Å². The van der Waals surface area contributed by atoms with E-state index in [2.05, 4.69) is 42.3 Å². The average Bonchev–Trinajstić information content (AvgIpc) is 2.44.